The molecular weight excluding hydrogens is 208 g/mol. The van der Waals surface area contributed by atoms with Crippen molar-refractivity contribution < 1.29 is 60.7 Å². The SMILES string of the molecule is O.O.[Co].[Ni].[Ni]. The van der Waals surface area contributed by atoms with Crippen molar-refractivity contribution in [3.8, 4) is 0 Å². The molecule has 0 fully saturated rings. The van der Waals surface area contributed by atoms with Crippen molar-refractivity contribution in [2.75, 3.05) is 0 Å². The van der Waals surface area contributed by atoms with Crippen molar-refractivity contribution in [1.82, 2.24) is 0 Å². The Hall–Kier alpha value is 1.41. The summed E-state index contributed by atoms with van der Waals surface area (Å²) in [6, 6.07) is 0. The van der Waals surface area contributed by atoms with Gasteiger partial charge in [0.2, 0.25) is 0 Å². The van der Waals surface area contributed by atoms with Gasteiger partial charge in [-0.3, -0.25) is 0 Å². The number of hydrogen-bond acceptors (Lipinski definition) is 0. The number of hydrogen-bond donors (Lipinski definition) is 0. The Morgan fingerprint density at radius 3 is 0.600 bits per heavy atom. The Balaban J connectivity index is 0. The van der Waals surface area contributed by atoms with E-state index < -0.39 is 0 Å². The van der Waals surface area contributed by atoms with Gasteiger partial charge in [0, 0.05) is 49.8 Å². The largest absolute Gasteiger partial charge is 0.412 e. The minimum Gasteiger partial charge on any atom is -0.412 e. The fourth-order valence-electron chi connectivity index (χ4n) is 0. The third-order valence-electron chi connectivity index (χ3n) is 0. The molecule has 2 nitrogen and oxygen atoms in total. The van der Waals surface area contributed by atoms with E-state index in [2.05, 4.69) is 0 Å². The average Bonchev–Trinajstić information content (AvgIpc) is 0. The van der Waals surface area contributed by atoms with Gasteiger partial charge < -0.3 is 11.0 Å². The van der Waals surface area contributed by atoms with E-state index in [0.29, 0.717) is 0 Å². The topological polar surface area (TPSA) is 63.0 Å². The first-order valence-corrected chi connectivity index (χ1v) is 0. The summed E-state index contributed by atoms with van der Waals surface area (Å²) >= 11 is 0. The minimum atomic E-state index is 0. The zero-order valence-corrected chi connectivity index (χ0v) is 4.98. The standard InChI is InChI=1S/Co.2Ni.2H2O/h;;;2*1H2. The second-order valence-corrected chi connectivity index (χ2v) is 0. The molecule has 5 heteroatoms. The van der Waals surface area contributed by atoms with E-state index in [1.165, 1.54) is 0 Å². The van der Waals surface area contributed by atoms with Gasteiger partial charge in [0.15, 0.2) is 0 Å². The first kappa shape index (κ1) is 94.1. The molecule has 0 saturated carbocycles. The maximum absolute atomic E-state index is 0. The van der Waals surface area contributed by atoms with Crippen molar-refractivity contribution >= 4 is 0 Å². The van der Waals surface area contributed by atoms with Crippen LogP contribution in [0.4, 0.5) is 0 Å². The first-order valence-electron chi connectivity index (χ1n) is 0. The van der Waals surface area contributed by atoms with Crippen LogP contribution >= 0.6 is 0 Å². The van der Waals surface area contributed by atoms with Crippen LogP contribution in [-0.4, -0.2) is 11.0 Å². The van der Waals surface area contributed by atoms with Crippen molar-refractivity contribution in [1.29, 1.82) is 0 Å². The summed E-state index contributed by atoms with van der Waals surface area (Å²) < 4.78 is 0. The number of rotatable bonds is 0. The summed E-state index contributed by atoms with van der Waals surface area (Å²) in [6.45, 7) is 0. The fourth-order valence-corrected chi connectivity index (χ4v) is 0. The second kappa shape index (κ2) is 52.8. The molecule has 4 N–H and O–H groups in total. The van der Waals surface area contributed by atoms with E-state index in [-0.39, 0.29) is 60.7 Å². The maximum atomic E-state index is 0. The third kappa shape index (κ3) is 31.6. The van der Waals surface area contributed by atoms with Crippen LogP contribution in [0.25, 0.3) is 0 Å². The zero-order valence-electron chi connectivity index (χ0n) is 1.97. The van der Waals surface area contributed by atoms with Gasteiger partial charge in [-0.15, -0.1) is 0 Å². The molecule has 0 atom stereocenters. The van der Waals surface area contributed by atoms with Gasteiger partial charge in [-0.05, 0) is 0 Å². The third-order valence-corrected chi connectivity index (χ3v) is 0. The Kier molecular flexibility index (Phi) is 993. The first-order chi connectivity index (χ1) is 0. The minimum absolute atomic E-state index is 0. The van der Waals surface area contributed by atoms with Crippen LogP contribution < -0.4 is 0 Å². The van der Waals surface area contributed by atoms with E-state index in [1.54, 1.807) is 0 Å². The van der Waals surface area contributed by atoms with E-state index in [1.807, 2.05) is 0 Å². The molecule has 0 aliphatic heterocycles. The van der Waals surface area contributed by atoms with E-state index >= 15 is 0 Å². The van der Waals surface area contributed by atoms with Crippen molar-refractivity contribution in [3.05, 3.63) is 0 Å². The van der Waals surface area contributed by atoms with Gasteiger partial charge in [-0.1, -0.05) is 0 Å². The summed E-state index contributed by atoms with van der Waals surface area (Å²) in [5.41, 5.74) is 0. The smallest absolute Gasteiger partial charge is 0 e. The quantitative estimate of drug-likeness (QED) is 0.432. The Bertz CT molecular complexity index is 7.61. The molecule has 0 aromatic heterocycles. The molecule has 0 rings (SSSR count). The molecule has 0 aliphatic carbocycles. The average molecular weight is 212 g/mol. The Labute approximate surface area is 60.7 Å². The molecule has 0 unspecified atom stereocenters. The molecule has 5 heavy (non-hydrogen) atoms. The summed E-state index contributed by atoms with van der Waals surface area (Å²) in [5, 5.41) is 0. The van der Waals surface area contributed by atoms with Gasteiger partial charge in [0.05, 0.1) is 0 Å². The van der Waals surface area contributed by atoms with Crippen molar-refractivity contribution in [3.63, 3.8) is 0 Å². The molecule has 0 heterocycles. The zero-order chi connectivity index (χ0) is 0. The predicted molar refractivity (Wildman–Crippen MR) is 7.23 cm³/mol. The molecule has 1 radical (unpaired) electrons. The molecule has 45 valence electrons. The van der Waals surface area contributed by atoms with E-state index in [4.69, 9.17) is 0 Å². The monoisotopic (exact) mass is 211 g/mol. The van der Waals surface area contributed by atoms with E-state index in [0.717, 1.165) is 0 Å². The van der Waals surface area contributed by atoms with E-state index in [9.17, 15) is 0 Å². The Morgan fingerprint density at radius 1 is 0.600 bits per heavy atom. The normalized spacial score (nSPS) is 0. The molecule has 0 bridgehead atoms. The van der Waals surface area contributed by atoms with Crippen molar-refractivity contribution in [2.24, 2.45) is 0 Å². The maximum Gasteiger partial charge on any atom is 0 e. The van der Waals surface area contributed by atoms with Gasteiger partial charge in [0.25, 0.3) is 0 Å². The molecule has 0 aromatic carbocycles. The summed E-state index contributed by atoms with van der Waals surface area (Å²) in [6.07, 6.45) is 0. The second-order valence-electron chi connectivity index (χ2n) is 0. The molecule has 0 aliphatic rings. The van der Waals surface area contributed by atoms with Crippen molar-refractivity contribution in [2.45, 2.75) is 0 Å². The predicted octanol–water partition coefficient (Wildman–Crippen LogP) is -1.66. The van der Waals surface area contributed by atoms with Gasteiger partial charge in [0.1, 0.15) is 0 Å². The van der Waals surface area contributed by atoms with Crippen LogP contribution in [0.2, 0.25) is 0 Å². The van der Waals surface area contributed by atoms with Gasteiger partial charge in [-0.2, -0.15) is 0 Å². The summed E-state index contributed by atoms with van der Waals surface area (Å²) in [4.78, 5) is 0. The van der Waals surface area contributed by atoms with Crippen LogP contribution in [0.5, 0.6) is 0 Å². The molecule has 0 amide bonds. The van der Waals surface area contributed by atoms with Crippen LogP contribution in [0.15, 0.2) is 0 Å². The van der Waals surface area contributed by atoms with Gasteiger partial charge >= 0.3 is 0 Å². The Morgan fingerprint density at radius 2 is 0.600 bits per heavy atom. The fraction of sp³-hybridized carbons (Fsp3) is 0. The van der Waals surface area contributed by atoms with Crippen LogP contribution in [-0.2, 0) is 49.8 Å². The summed E-state index contributed by atoms with van der Waals surface area (Å²) in [7, 11) is 0. The van der Waals surface area contributed by atoms with Crippen LogP contribution in [0.1, 0.15) is 0 Å². The molecule has 0 saturated heterocycles. The summed E-state index contributed by atoms with van der Waals surface area (Å²) in [5.74, 6) is 0. The van der Waals surface area contributed by atoms with Gasteiger partial charge in [-0.25, -0.2) is 0 Å². The molecular formula is H4CoNi2O2. The molecule has 0 spiro atoms. The van der Waals surface area contributed by atoms with Crippen LogP contribution in [0, 0.1) is 0 Å². The molecule has 0 aromatic rings. The van der Waals surface area contributed by atoms with Crippen LogP contribution in [0.3, 0.4) is 0 Å².